The van der Waals surface area contributed by atoms with Crippen molar-refractivity contribution in [3.63, 3.8) is 0 Å². The lowest BCUT2D eigenvalue weighted by Crippen LogP contribution is -2.42. The Morgan fingerprint density at radius 3 is 2.67 bits per heavy atom. The molecule has 7 heteroatoms. The molecule has 2 atom stereocenters. The molecule has 1 aromatic heterocycles. The number of hydrogen-bond acceptors (Lipinski definition) is 2. The van der Waals surface area contributed by atoms with Gasteiger partial charge in [-0.1, -0.05) is 30.1 Å². The van der Waals surface area contributed by atoms with Crippen LogP contribution in [0.2, 0.25) is 10.2 Å². The minimum absolute atomic E-state index is 0.0626. The highest BCUT2D eigenvalue weighted by molar-refractivity contribution is 6.41. The summed E-state index contributed by atoms with van der Waals surface area (Å²) in [5, 5.41) is 9.58. The van der Waals surface area contributed by atoms with Gasteiger partial charge in [0.05, 0.1) is 5.02 Å². The fraction of sp³-hybridized carbons (Fsp3) is 0.455. The van der Waals surface area contributed by atoms with Gasteiger partial charge in [-0.05, 0) is 18.4 Å². The van der Waals surface area contributed by atoms with E-state index < -0.39 is 12.0 Å². The van der Waals surface area contributed by atoms with Crippen molar-refractivity contribution < 1.29 is 14.7 Å². The third-order valence-corrected chi connectivity index (χ3v) is 3.86. The first-order chi connectivity index (χ1) is 8.41. The molecule has 1 fully saturated rings. The molecular formula is C11H12Cl2N2O3. The number of aromatic nitrogens is 1. The lowest BCUT2D eigenvalue weighted by Gasteiger charge is -2.22. The van der Waals surface area contributed by atoms with E-state index in [1.165, 1.54) is 11.0 Å². The van der Waals surface area contributed by atoms with Crippen LogP contribution in [0.3, 0.4) is 0 Å². The molecule has 0 aromatic carbocycles. The molecule has 5 nitrogen and oxygen atoms in total. The lowest BCUT2D eigenvalue weighted by molar-refractivity contribution is -0.142. The van der Waals surface area contributed by atoms with E-state index >= 15 is 0 Å². The molecule has 1 aliphatic rings. The molecule has 0 saturated carbocycles. The Balaban J connectivity index is 2.26. The van der Waals surface area contributed by atoms with E-state index in [0.29, 0.717) is 13.0 Å². The number of hydrogen-bond donors (Lipinski definition) is 2. The number of likely N-dealkylation sites (tertiary alicyclic amines) is 1. The first-order valence-corrected chi connectivity index (χ1v) is 6.25. The third kappa shape index (κ3) is 2.20. The fourth-order valence-electron chi connectivity index (χ4n) is 2.23. The molecule has 1 saturated heterocycles. The van der Waals surface area contributed by atoms with Crippen LogP contribution in [-0.2, 0) is 4.79 Å². The maximum absolute atomic E-state index is 12.2. The quantitative estimate of drug-likeness (QED) is 0.877. The minimum Gasteiger partial charge on any atom is -0.480 e. The summed E-state index contributed by atoms with van der Waals surface area (Å²) < 4.78 is 0. The van der Waals surface area contributed by atoms with Crippen LogP contribution < -0.4 is 0 Å². The molecule has 1 aliphatic heterocycles. The van der Waals surface area contributed by atoms with Gasteiger partial charge in [0.2, 0.25) is 0 Å². The number of nitrogens with zero attached hydrogens (tertiary/aromatic N) is 1. The number of carbonyl (C=O) groups excluding carboxylic acids is 1. The minimum atomic E-state index is -0.989. The smallest absolute Gasteiger partial charge is 0.326 e. The van der Waals surface area contributed by atoms with Crippen LogP contribution in [0, 0.1) is 5.92 Å². The van der Waals surface area contributed by atoms with E-state index in [1.54, 1.807) is 0 Å². The van der Waals surface area contributed by atoms with Crippen molar-refractivity contribution in [1.82, 2.24) is 9.88 Å². The van der Waals surface area contributed by atoms with Crippen molar-refractivity contribution in [2.75, 3.05) is 6.54 Å². The van der Waals surface area contributed by atoms with Gasteiger partial charge in [-0.3, -0.25) is 4.79 Å². The molecule has 1 amide bonds. The number of amides is 1. The van der Waals surface area contributed by atoms with Gasteiger partial charge in [-0.15, -0.1) is 0 Å². The topological polar surface area (TPSA) is 73.4 Å². The van der Waals surface area contributed by atoms with Gasteiger partial charge in [0.1, 0.15) is 16.9 Å². The van der Waals surface area contributed by atoms with Gasteiger partial charge in [0.15, 0.2) is 0 Å². The van der Waals surface area contributed by atoms with Gasteiger partial charge in [0, 0.05) is 6.54 Å². The highest BCUT2D eigenvalue weighted by atomic mass is 35.5. The van der Waals surface area contributed by atoms with Crippen LogP contribution in [0.5, 0.6) is 0 Å². The monoisotopic (exact) mass is 290 g/mol. The van der Waals surface area contributed by atoms with Crippen molar-refractivity contribution in [2.24, 2.45) is 5.92 Å². The Kier molecular flexibility index (Phi) is 3.54. The maximum atomic E-state index is 12.2. The van der Waals surface area contributed by atoms with Gasteiger partial charge < -0.3 is 15.0 Å². The van der Waals surface area contributed by atoms with Crippen LogP contribution in [0.15, 0.2) is 6.07 Å². The zero-order valence-corrected chi connectivity index (χ0v) is 11.1. The van der Waals surface area contributed by atoms with E-state index in [2.05, 4.69) is 4.98 Å². The molecule has 98 valence electrons. The summed E-state index contributed by atoms with van der Waals surface area (Å²) in [6.45, 7) is 2.24. The largest absolute Gasteiger partial charge is 0.480 e. The van der Waals surface area contributed by atoms with Crippen molar-refractivity contribution in [3.8, 4) is 0 Å². The number of rotatable bonds is 2. The summed E-state index contributed by atoms with van der Waals surface area (Å²) in [6.07, 6.45) is 0.672. The Hall–Kier alpha value is -1.20. The zero-order chi connectivity index (χ0) is 13.4. The van der Waals surface area contributed by atoms with Crippen molar-refractivity contribution in [3.05, 3.63) is 21.9 Å². The number of nitrogens with one attached hydrogen (secondary N) is 1. The highest BCUT2D eigenvalue weighted by Gasteiger charge is 2.40. The predicted molar refractivity (Wildman–Crippen MR) is 67.1 cm³/mol. The molecule has 0 spiro atoms. The van der Waals surface area contributed by atoms with Crippen LogP contribution in [0.4, 0.5) is 0 Å². The number of halogens is 2. The molecule has 18 heavy (non-hydrogen) atoms. The summed E-state index contributed by atoms with van der Waals surface area (Å²) in [5.41, 5.74) is 0.213. The Labute approximate surface area is 114 Å². The second-order valence-electron chi connectivity index (χ2n) is 4.39. The van der Waals surface area contributed by atoms with Crippen LogP contribution >= 0.6 is 23.2 Å². The normalized spacial score (nSPS) is 23.4. The molecular weight excluding hydrogens is 279 g/mol. The fourth-order valence-corrected chi connectivity index (χ4v) is 2.54. The number of aliphatic carboxylic acids is 1. The van der Waals surface area contributed by atoms with Crippen molar-refractivity contribution in [1.29, 1.82) is 0 Å². The second kappa shape index (κ2) is 4.82. The van der Waals surface area contributed by atoms with E-state index in [-0.39, 0.29) is 27.7 Å². The number of H-pyrrole nitrogens is 1. The first-order valence-electron chi connectivity index (χ1n) is 5.49. The van der Waals surface area contributed by atoms with Gasteiger partial charge in [-0.25, -0.2) is 4.79 Å². The summed E-state index contributed by atoms with van der Waals surface area (Å²) in [4.78, 5) is 27.3. The average Bonchev–Trinajstić information content (AvgIpc) is 2.82. The highest BCUT2D eigenvalue weighted by Crippen LogP contribution is 2.28. The average molecular weight is 291 g/mol. The van der Waals surface area contributed by atoms with Gasteiger partial charge >= 0.3 is 5.97 Å². The van der Waals surface area contributed by atoms with Gasteiger partial charge in [-0.2, -0.15) is 0 Å². The van der Waals surface area contributed by atoms with E-state index in [4.69, 9.17) is 28.3 Å². The maximum Gasteiger partial charge on any atom is 0.326 e. The molecule has 0 aliphatic carbocycles. The van der Waals surface area contributed by atoms with Crippen molar-refractivity contribution >= 4 is 35.1 Å². The predicted octanol–water partition coefficient (Wildman–Crippen LogP) is 2.26. The molecule has 0 radical (unpaired) electrons. The Bertz CT molecular complexity index is 481. The Morgan fingerprint density at radius 1 is 1.50 bits per heavy atom. The van der Waals surface area contributed by atoms with Crippen LogP contribution in [0.1, 0.15) is 23.8 Å². The van der Waals surface area contributed by atoms with Gasteiger partial charge in [0.25, 0.3) is 5.91 Å². The van der Waals surface area contributed by atoms with Crippen LogP contribution in [-0.4, -0.2) is 39.5 Å². The molecule has 2 N–H and O–H groups in total. The second-order valence-corrected chi connectivity index (χ2v) is 5.18. The van der Waals surface area contributed by atoms with E-state index in [9.17, 15) is 9.59 Å². The molecule has 0 bridgehead atoms. The lowest BCUT2D eigenvalue weighted by atomic mass is 10.0. The number of carboxylic acids is 1. The number of carboxylic acid groups (broad SMARTS) is 1. The summed E-state index contributed by atoms with van der Waals surface area (Å²) >= 11 is 11.5. The third-order valence-electron chi connectivity index (χ3n) is 3.17. The number of carbonyl (C=O) groups is 2. The molecule has 2 unspecified atom stereocenters. The summed E-state index contributed by atoms with van der Waals surface area (Å²) in [7, 11) is 0. The van der Waals surface area contributed by atoms with Crippen LogP contribution in [0.25, 0.3) is 0 Å². The molecule has 2 rings (SSSR count). The SMILES string of the molecule is CC1CCN(C(=O)c2cc(Cl)c(Cl)[nH]2)C1C(=O)O. The number of aromatic amines is 1. The van der Waals surface area contributed by atoms with E-state index in [1.807, 2.05) is 6.92 Å². The molecule has 1 aromatic rings. The summed E-state index contributed by atoms with van der Waals surface area (Å²) in [6, 6.07) is 0.618. The molecule has 2 heterocycles. The zero-order valence-electron chi connectivity index (χ0n) is 9.61. The Morgan fingerprint density at radius 2 is 2.17 bits per heavy atom. The first kappa shape index (κ1) is 13.2. The van der Waals surface area contributed by atoms with E-state index in [0.717, 1.165) is 0 Å². The summed E-state index contributed by atoms with van der Waals surface area (Å²) in [5.74, 6) is -1.44. The standard InChI is InChI=1S/C11H12Cl2N2O3/c1-5-2-3-15(8(5)11(17)18)10(16)7-4-6(12)9(13)14-7/h4-5,8,14H,2-3H2,1H3,(H,17,18). The van der Waals surface area contributed by atoms with Crippen molar-refractivity contribution in [2.45, 2.75) is 19.4 Å².